The van der Waals surface area contributed by atoms with Crippen LogP contribution in [-0.2, 0) is 0 Å². The molecule has 1 aromatic heterocycles. The fraction of sp³-hybridized carbons (Fsp3) is 0.400. The Hall–Kier alpha value is -1.95. The molecule has 0 spiro atoms. The summed E-state index contributed by atoms with van der Waals surface area (Å²) in [5.74, 6) is 0.506. The van der Waals surface area contributed by atoms with Crippen LogP contribution in [0.15, 0.2) is 29.6 Å². The topological polar surface area (TPSA) is 64.1 Å². The summed E-state index contributed by atoms with van der Waals surface area (Å²) in [5.41, 5.74) is 1.67. The van der Waals surface area contributed by atoms with Crippen LogP contribution in [0.3, 0.4) is 0 Å². The summed E-state index contributed by atoms with van der Waals surface area (Å²) in [6.45, 7) is 2.81. The molecule has 6 heteroatoms. The lowest BCUT2D eigenvalue weighted by Crippen LogP contribution is -2.27. The Labute approximate surface area is 128 Å². The number of carbonyl (C=O) groups excluding carboxylic acids is 1. The van der Waals surface area contributed by atoms with Crippen molar-refractivity contribution in [2.45, 2.75) is 32.6 Å². The second kappa shape index (κ2) is 8.36. The van der Waals surface area contributed by atoms with Crippen molar-refractivity contribution in [2.24, 2.45) is 0 Å². The molecule has 112 valence electrons. The van der Waals surface area contributed by atoms with Gasteiger partial charge in [-0.3, -0.25) is 0 Å². The number of rotatable bonds is 7. The summed E-state index contributed by atoms with van der Waals surface area (Å²) in [4.78, 5) is 11.7. The van der Waals surface area contributed by atoms with Crippen molar-refractivity contribution in [1.29, 1.82) is 0 Å². The number of nitrogens with one attached hydrogen (secondary N) is 1. The Kier molecular flexibility index (Phi) is 6.15. The minimum absolute atomic E-state index is 0.417. The first kappa shape index (κ1) is 15.4. The molecule has 5 nitrogen and oxygen atoms in total. The van der Waals surface area contributed by atoms with Gasteiger partial charge in [-0.1, -0.05) is 42.8 Å². The van der Waals surface area contributed by atoms with E-state index in [-0.39, 0.29) is 0 Å². The molecular weight excluding hydrogens is 286 g/mol. The first-order chi connectivity index (χ1) is 10.3. The Morgan fingerprint density at radius 1 is 1.33 bits per heavy atom. The molecule has 0 saturated heterocycles. The van der Waals surface area contributed by atoms with Crippen LogP contribution < -0.4 is 10.1 Å². The zero-order valence-corrected chi connectivity index (χ0v) is 12.9. The van der Waals surface area contributed by atoms with Crippen LogP contribution in [-0.4, -0.2) is 22.2 Å². The van der Waals surface area contributed by atoms with E-state index in [1.54, 1.807) is 12.1 Å². The van der Waals surface area contributed by atoms with Crippen LogP contribution in [0.5, 0.6) is 5.75 Å². The summed E-state index contributed by atoms with van der Waals surface area (Å²) in [7, 11) is 0. The highest BCUT2D eigenvalue weighted by molar-refractivity contribution is 7.03. The van der Waals surface area contributed by atoms with Crippen LogP contribution >= 0.6 is 11.5 Å². The van der Waals surface area contributed by atoms with E-state index in [1.807, 2.05) is 17.5 Å². The van der Waals surface area contributed by atoms with E-state index in [1.165, 1.54) is 24.4 Å². The van der Waals surface area contributed by atoms with Gasteiger partial charge in [0.2, 0.25) is 0 Å². The molecular formula is C15H19N3O2S. The van der Waals surface area contributed by atoms with Crippen LogP contribution in [0, 0.1) is 0 Å². The van der Waals surface area contributed by atoms with E-state index in [0.29, 0.717) is 12.3 Å². The first-order valence-electron chi connectivity index (χ1n) is 7.12. The summed E-state index contributed by atoms with van der Waals surface area (Å²) in [5, 5.41) is 8.61. The number of aromatic nitrogens is 2. The zero-order valence-electron chi connectivity index (χ0n) is 12.0. The molecule has 0 bridgehead atoms. The van der Waals surface area contributed by atoms with Gasteiger partial charge in [0.1, 0.15) is 11.4 Å². The summed E-state index contributed by atoms with van der Waals surface area (Å²) >= 11 is 1.29. The van der Waals surface area contributed by atoms with E-state index >= 15 is 0 Å². The van der Waals surface area contributed by atoms with Gasteiger partial charge in [-0.05, 0) is 30.1 Å². The van der Waals surface area contributed by atoms with Crippen molar-refractivity contribution in [3.63, 3.8) is 0 Å². The van der Waals surface area contributed by atoms with Crippen molar-refractivity contribution in [3.05, 3.63) is 29.6 Å². The molecule has 0 saturated carbocycles. The fourth-order valence-corrected chi connectivity index (χ4v) is 2.36. The minimum atomic E-state index is -0.417. The van der Waals surface area contributed by atoms with Crippen molar-refractivity contribution >= 4 is 17.6 Å². The van der Waals surface area contributed by atoms with Gasteiger partial charge in [-0.25, -0.2) is 4.79 Å². The van der Waals surface area contributed by atoms with Crippen LogP contribution in [0.4, 0.5) is 4.79 Å². The van der Waals surface area contributed by atoms with E-state index in [9.17, 15) is 4.79 Å². The molecule has 0 fully saturated rings. The van der Waals surface area contributed by atoms with Gasteiger partial charge in [0.25, 0.3) is 0 Å². The number of carbonyl (C=O) groups is 1. The van der Waals surface area contributed by atoms with Crippen molar-refractivity contribution in [2.75, 3.05) is 6.54 Å². The van der Waals surface area contributed by atoms with Gasteiger partial charge < -0.3 is 10.1 Å². The summed E-state index contributed by atoms with van der Waals surface area (Å²) in [6.07, 6.45) is 4.07. The van der Waals surface area contributed by atoms with Crippen LogP contribution in [0.25, 0.3) is 11.3 Å². The highest BCUT2D eigenvalue weighted by atomic mass is 32.1. The maximum atomic E-state index is 11.7. The Morgan fingerprint density at radius 3 is 3.00 bits per heavy atom. The number of amides is 1. The van der Waals surface area contributed by atoms with E-state index in [0.717, 1.165) is 24.1 Å². The largest absolute Gasteiger partial charge is 0.412 e. The third kappa shape index (κ3) is 5.15. The van der Waals surface area contributed by atoms with E-state index < -0.39 is 6.09 Å². The molecule has 0 aliphatic carbocycles. The minimum Gasteiger partial charge on any atom is -0.410 e. The second-order valence-corrected chi connectivity index (χ2v) is 5.30. The number of benzene rings is 1. The number of hydrogen-bond donors (Lipinski definition) is 1. The van der Waals surface area contributed by atoms with E-state index in [4.69, 9.17) is 4.74 Å². The molecule has 21 heavy (non-hydrogen) atoms. The molecule has 0 radical (unpaired) electrons. The lowest BCUT2D eigenvalue weighted by atomic mass is 10.2. The van der Waals surface area contributed by atoms with Gasteiger partial charge in [0, 0.05) is 17.5 Å². The predicted octanol–water partition coefficient (Wildman–Crippen LogP) is 3.87. The maximum absolute atomic E-state index is 11.7. The summed E-state index contributed by atoms with van der Waals surface area (Å²) < 4.78 is 9.09. The fourth-order valence-electron chi connectivity index (χ4n) is 1.89. The molecule has 1 heterocycles. The number of nitrogens with zero attached hydrogens (tertiary/aromatic N) is 2. The quantitative estimate of drug-likeness (QED) is 0.789. The summed E-state index contributed by atoms with van der Waals surface area (Å²) in [6, 6.07) is 7.28. The highest BCUT2D eigenvalue weighted by Gasteiger charge is 2.06. The van der Waals surface area contributed by atoms with Crippen molar-refractivity contribution < 1.29 is 9.53 Å². The SMILES string of the molecule is CCCCCCNC(=O)Oc1cccc(-c2csnn2)c1. The molecule has 1 aromatic carbocycles. The molecule has 0 unspecified atom stereocenters. The van der Waals surface area contributed by atoms with Crippen LogP contribution in [0.2, 0.25) is 0 Å². The number of unbranched alkanes of at least 4 members (excludes halogenated alkanes) is 3. The molecule has 2 rings (SSSR count). The average molecular weight is 305 g/mol. The van der Waals surface area contributed by atoms with Crippen molar-refractivity contribution in [3.8, 4) is 17.0 Å². The third-order valence-electron chi connectivity index (χ3n) is 3.00. The average Bonchev–Trinajstić information content (AvgIpc) is 3.01. The van der Waals surface area contributed by atoms with Gasteiger partial charge in [-0.2, -0.15) is 0 Å². The van der Waals surface area contributed by atoms with E-state index in [2.05, 4.69) is 21.8 Å². The molecule has 0 aliphatic heterocycles. The molecule has 0 aliphatic rings. The lowest BCUT2D eigenvalue weighted by Gasteiger charge is -2.07. The maximum Gasteiger partial charge on any atom is 0.412 e. The lowest BCUT2D eigenvalue weighted by molar-refractivity contribution is 0.200. The van der Waals surface area contributed by atoms with Gasteiger partial charge in [-0.15, -0.1) is 5.10 Å². The zero-order chi connectivity index (χ0) is 14.9. The Morgan fingerprint density at radius 2 is 2.24 bits per heavy atom. The predicted molar refractivity (Wildman–Crippen MR) is 83.5 cm³/mol. The Bertz CT molecular complexity index is 558. The van der Waals surface area contributed by atoms with Gasteiger partial charge in [0.15, 0.2) is 0 Å². The number of ether oxygens (including phenoxy) is 1. The molecule has 2 aromatic rings. The number of hydrogen-bond acceptors (Lipinski definition) is 5. The molecule has 0 atom stereocenters. The standard InChI is InChI=1S/C15H19N3O2S/c1-2-3-4-5-9-16-15(19)20-13-8-6-7-12(10-13)14-11-21-18-17-14/h6-8,10-11H,2-5,9H2,1H3,(H,16,19). The van der Waals surface area contributed by atoms with Gasteiger partial charge >= 0.3 is 6.09 Å². The smallest absolute Gasteiger partial charge is 0.410 e. The van der Waals surface area contributed by atoms with Gasteiger partial charge in [0.05, 0.1) is 0 Å². The molecule has 1 N–H and O–H groups in total. The van der Waals surface area contributed by atoms with Crippen LogP contribution in [0.1, 0.15) is 32.6 Å². The Balaban J connectivity index is 1.82. The third-order valence-corrected chi connectivity index (χ3v) is 3.50. The monoisotopic (exact) mass is 305 g/mol. The normalized spacial score (nSPS) is 10.3. The second-order valence-electron chi connectivity index (χ2n) is 4.69. The van der Waals surface area contributed by atoms with Crippen molar-refractivity contribution in [1.82, 2.24) is 14.9 Å². The first-order valence-corrected chi connectivity index (χ1v) is 7.96. The molecule has 1 amide bonds. The highest BCUT2D eigenvalue weighted by Crippen LogP contribution is 2.22.